The molecule has 0 radical (unpaired) electrons. The highest BCUT2D eigenvalue weighted by Crippen LogP contribution is 2.50. The zero-order valence-corrected chi connectivity index (χ0v) is 30.7. The van der Waals surface area contributed by atoms with Gasteiger partial charge in [-0.3, -0.25) is 9.59 Å². The van der Waals surface area contributed by atoms with Gasteiger partial charge < -0.3 is 9.47 Å². The Bertz CT molecular complexity index is 1980. The smallest absolute Gasteiger partial charge is 0.311 e. The van der Waals surface area contributed by atoms with Crippen LogP contribution in [0.1, 0.15) is 78.1 Å². The number of rotatable bonds is 13. The Balaban J connectivity index is 1.61. The lowest BCUT2D eigenvalue weighted by Gasteiger charge is -2.21. The predicted molar refractivity (Wildman–Crippen MR) is 206 cm³/mol. The first-order valence-corrected chi connectivity index (χ1v) is 18.7. The van der Waals surface area contributed by atoms with Crippen molar-refractivity contribution >= 4 is 86.9 Å². The number of ether oxygens (including phenoxy) is 2. The largest absolute Gasteiger partial charge is 0.425 e. The molecule has 4 nitrogen and oxygen atoms in total. The summed E-state index contributed by atoms with van der Waals surface area (Å²) in [5.41, 5.74) is 2.06. The molecule has 6 aromatic carbocycles. The number of benzene rings is 6. The summed E-state index contributed by atoms with van der Waals surface area (Å²) in [5.74, 6) is 0.740. The van der Waals surface area contributed by atoms with Crippen LogP contribution in [0, 0.1) is 0 Å². The molecule has 0 aliphatic heterocycles. The molecule has 48 heavy (non-hydrogen) atoms. The summed E-state index contributed by atoms with van der Waals surface area (Å²) in [7, 11) is 0. The molecule has 0 amide bonds. The van der Waals surface area contributed by atoms with Crippen molar-refractivity contribution in [2.24, 2.45) is 0 Å². The fourth-order valence-electron chi connectivity index (χ4n) is 6.70. The van der Waals surface area contributed by atoms with Gasteiger partial charge in [-0.2, -0.15) is 0 Å². The minimum absolute atomic E-state index is 0.214. The molecule has 0 unspecified atom stereocenters. The maximum absolute atomic E-state index is 13.2. The number of hydrogen-bond acceptors (Lipinski definition) is 4. The van der Waals surface area contributed by atoms with E-state index >= 15 is 0 Å². The Hall–Kier alpha value is -3.74. The van der Waals surface area contributed by atoms with E-state index in [1.165, 1.54) is 0 Å². The molecule has 0 spiro atoms. The van der Waals surface area contributed by atoms with Crippen LogP contribution in [0.3, 0.4) is 0 Å². The molecule has 6 aromatic rings. The molecule has 0 fully saturated rings. The maximum atomic E-state index is 13.2. The van der Waals surface area contributed by atoms with Gasteiger partial charge in [0.1, 0.15) is 11.5 Å². The lowest BCUT2D eigenvalue weighted by atomic mass is 9.85. The third kappa shape index (κ3) is 7.16. The third-order valence-electron chi connectivity index (χ3n) is 9.02. The Labute approximate surface area is 299 Å². The zero-order chi connectivity index (χ0) is 33.6. The Kier molecular flexibility index (Phi) is 11.1. The van der Waals surface area contributed by atoms with Gasteiger partial charge in [-0.1, -0.05) is 133 Å². The summed E-state index contributed by atoms with van der Waals surface area (Å²) < 4.78 is 14.3. The van der Waals surface area contributed by atoms with Crippen molar-refractivity contribution in [1.82, 2.24) is 0 Å². The van der Waals surface area contributed by atoms with Gasteiger partial charge in [0.25, 0.3) is 0 Å². The first-order valence-electron chi connectivity index (χ1n) is 17.1. The minimum atomic E-state index is -0.214. The van der Waals surface area contributed by atoms with Crippen molar-refractivity contribution in [3.63, 3.8) is 0 Å². The predicted octanol–water partition coefficient (Wildman–Crippen LogP) is 13.2. The molecule has 0 bridgehead atoms. The van der Waals surface area contributed by atoms with Gasteiger partial charge in [0.05, 0.1) is 0 Å². The highest BCUT2D eigenvalue weighted by atomic mass is 79.9. The topological polar surface area (TPSA) is 52.6 Å². The molecule has 0 saturated carbocycles. The average molecular weight is 769 g/mol. The molecule has 0 N–H and O–H groups in total. The van der Waals surface area contributed by atoms with Gasteiger partial charge in [-0.05, 0) is 81.9 Å². The van der Waals surface area contributed by atoms with E-state index < -0.39 is 0 Å². The van der Waals surface area contributed by atoms with Gasteiger partial charge in [0, 0.05) is 43.3 Å². The summed E-state index contributed by atoms with van der Waals surface area (Å²) in [6, 6.07) is 28.6. The quantitative estimate of drug-likeness (QED) is 0.0508. The third-order valence-corrected chi connectivity index (χ3v) is 10.0. The minimum Gasteiger partial charge on any atom is -0.425 e. The van der Waals surface area contributed by atoms with Gasteiger partial charge in [-0.15, -0.1) is 0 Å². The molecule has 0 atom stereocenters. The van der Waals surface area contributed by atoms with E-state index in [0.717, 1.165) is 115 Å². The summed E-state index contributed by atoms with van der Waals surface area (Å²) in [4.78, 5) is 26.4. The Morgan fingerprint density at radius 2 is 0.854 bits per heavy atom. The SMILES string of the molecule is CCCCCCC(=O)Oc1c2ccccc2c(-c2c3ccccc3c(OC(=O)CCCCCC)c3ccc(Br)cc23)c2cc(Br)ccc12. The van der Waals surface area contributed by atoms with E-state index in [9.17, 15) is 9.59 Å². The fourth-order valence-corrected chi connectivity index (χ4v) is 7.42. The van der Waals surface area contributed by atoms with Crippen LogP contribution in [0.2, 0.25) is 0 Å². The van der Waals surface area contributed by atoms with Crippen molar-refractivity contribution in [3.8, 4) is 22.6 Å². The van der Waals surface area contributed by atoms with Crippen LogP contribution >= 0.6 is 31.9 Å². The zero-order valence-electron chi connectivity index (χ0n) is 27.5. The summed E-state index contributed by atoms with van der Waals surface area (Å²) >= 11 is 7.47. The lowest BCUT2D eigenvalue weighted by molar-refractivity contribution is -0.135. The summed E-state index contributed by atoms with van der Waals surface area (Å²) in [6.45, 7) is 4.33. The normalized spacial score (nSPS) is 11.5. The van der Waals surface area contributed by atoms with Crippen LogP contribution in [0.25, 0.3) is 54.2 Å². The average Bonchev–Trinajstić information content (AvgIpc) is 3.09. The summed E-state index contributed by atoms with van der Waals surface area (Å²) in [5, 5.41) is 7.35. The number of carbonyl (C=O) groups excluding carboxylic acids is 2. The first-order chi connectivity index (χ1) is 23.4. The molecule has 6 heteroatoms. The van der Waals surface area contributed by atoms with Crippen molar-refractivity contribution in [3.05, 3.63) is 93.9 Å². The molecule has 0 aromatic heterocycles. The van der Waals surface area contributed by atoms with Gasteiger partial charge in [-0.25, -0.2) is 0 Å². The Morgan fingerprint density at radius 1 is 0.479 bits per heavy atom. The van der Waals surface area contributed by atoms with Crippen molar-refractivity contribution in [2.75, 3.05) is 0 Å². The number of carbonyl (C=O) groups is 2. The lowest BCUT2D eigenvalue weighted by Crippen LogP contribution is -2.09. The monoisotopic (exact) mass is 766 g/mol. The molecule has 246 valence electrons. The highest BCUT2D eigenvalue weighted by Gasteiger charge is 2.24. The van der Waals surface area contributed by atoms with E-state index in [2.05, 4.69) is 70.0 Å². The molecular formula is C42H40Br2O4. The number of halogens is 2. The van der Waals surface area contributed by atoms with Crippen molar-refractivity contribution in [1.29, 1.82) is 0 Å². The van der Waals surface area contributed by atoms with Gasteiger partial charge in [0.15, 0.2) is 0 Å². The molecule has 0 aliphatic carbocycles. The molecular weight excluding hydrogens is 728 g/mol. The standard InChI is InChI=1S/C42H40Br2O4/c1-3-5-7-9-19-37(45)47-41-31-17-13-11-15-29(31)39(35-25-27(43)21-23-33(35)41)40-30-16-12-14-18-32(30)42(34-24-22-28(44)26-36(34)40)48-38(46)20-10-8-6-4-2/h11-18,21-26H,3-10,19-20H2,1-2H3. The van der Waals surface area contributed by atoms with E-state index in [0.29, 0.717) is 24.3 Å². The van der Waals surface area contributed by atoms with Crippen LogP contribution in [-0.4, -0.2) is 11.9 Å². The highest BCUT2D eigenvalue weighted by molar-refractivity contribution is 9.10. The number of unbranched alkanes of at least 4 members (excludes halogenated alkanes) is 6. The van der Waals surface area contributed by atoms with Crippen LogP contribution in [0.5, 0.6) is 11.5 Å². The number of fused-ring (bicyclic) bond motifs is 4. The number of hydrogen-bond donors (Lipinski definition) is 0. The summed E-state index contributed by atoms with van der Waals surface area (Å²) in [6.07, 6.45) is 8.87. The van der Waals surface area contributed by atoms with E-state index in [-0.39, 0.29) is 11.9 Å². The molecule has 0 heterocycles. The van der Waals surface area contributed by atoms with E-state index in [1.54, 1.807) is 0 Å². The van der Waals surface area contributed by atoms with Gasteiger partial charge in [0.2, 0.25) is 0 Å². The molecule has 0 saturated heterocycles. The number of esters is 2. The van der Waals surface area contributed by atoms with Crippen LogP contribution in [0.15, 0.2) is 93.9 Å². The van der Waals surface area contributed by atoms with E-state index in [4.69, 9.17) is 9.47 Å². The van der Waals surface area contributed by atoms with Crippen molar-refractivity contribution in [2.45, 2.75) is 78.1 Å². The van der Waals surface area contributed by atoms with Crippen LogP contribution < -0.4 is 9.47 Å². The van der Waals surface area contributed by atoms with Crippen molar-refractivity contribution < 1.29 is 19.1 Å². The van der Waals surface area contributed by atoms with Crippen LogP contribution in [0.4, 0.5) is 0 Å². The second-order valence-electron chi connectivity index (χ2n) is 12.4. The molecule has 0 aliphatic rings. The van der Waals surface area contributed by atoms with E-state index in [1.807, 2.05) is 60.7 Å². The maximum Gasteiger partial charge on any atom is 0.311 e. The first kappa shape index (κ1) is 34.1. The second-order valence-corrected chi connectivity index (χ2v) is 14.3. The second kappa shape index (κ2) is 15.7. The van der Waals surface area contributed by atoms with Crippen LogP contribution in [-0.2, 0) is 9.59 Å². The van der Waals surface area contributed by atoms with Gasteiger partial charge >= 0.3 is 11.9 Å². The molecule has 6 rings (SSSR count). The fraction of sp³-hybridized carbons (Fsp3) is 0.286. The Morgan fingerprint density at radius 3 is 1.25 bits per heavy atom.